The van der Waals surface area contributed by atoms with Crippen LogP contribution in [0.3, 0.4) is 0 Å². The lowest BCUT2D eigenvalue weighted by atomic mass is 10.1. The molecule has 1 aliphatic rings. The number of aromatic nitrogens is 3. The highest BCUT2D eigenvalue weighted by Crippen LogP contribution is 2.31. The molecule has 8 heteroatoms. The number of aromatic amines is 1. The number of nitrogens with one attached hydrogen (secondary N) is 1. The molecule has 2 aromatic heterocycles. The molecule has 1 aliphatic heterocycles. The van der Waals surface area contributed by atoms with E-state index in [0.29, 0.717) is 29.4 Å². The van der Waals surface area contributed by atoms with Crippen LogP contribution >= 0.6 is 12.2 Å². The van der Waals surface area contributed by atoms with Crippen LogP contribution in [0.1, 0.15) is 18.1 Å². The van der Waals surface area contributed by atoms with Gasteiger partial charge in [-0.3, -0.25) is 14.3 Å². The van der Waals surface area contributed by atoms with Crippen LogP contribution in [0.15, 0.2) is 52.4 Å². The highest BCUT2D eigenvalue weighted by molar-refractivity contribution is 7.71. The van der Waals surface area contributed by atoms with Gasteiger partial charge in [-0.15, -0.1) is 0 Å². The number of pyridine rings is 1. The fourth-order valence-electron chi connectivity index (χ4n) is 2.96. The highest BCUT2D eigenvalue weighted by atomic mass is 32.1. The standard InChI is InChI=1S/C20H16N4O3S/c1-2-27-14-7-5-13(6-8-14)24-19(26)16(18(25)23-20(24)28)10-12-11-22-17-15(12)4-3-9-21-17/h3-11,26H,2H2,1H3,(H,23,25,28)/b12-10-. The van der Waals surface area contributed by atoms with Crippen molar-refractivity contribution in [1.29, 1.82) is 0 Å². The van der Waals surface area contributed by atoms with Gasteiger partial charge in [-0.1, -0.05) is 0 Å². The van der Waals surface area contributed by atoms with Crippen molar-refractivity contribution in [3.8, 4) is 17.3 Å². The van der Waals surface area contributed by atoms with Gasteiger partial charge in [0.05, 0.1) is 12.3 Å². The Labute approximate surface area is 165 Å². The van der Waals surface area contributed by atoms with Gasteiger partial charge >= 0.3 is 0 Å². The van der Waals surface area contributed by atoms with Gasteiger partial charge in [-0.05, 0) is 61.6 Å². The average molecular weight is 392 g/mol. The fourth-order valence-corrected chi connectivity index (χ4v) is 3.25. The summed E-state index contributed by atoms with van der Waals surface area (Å²) in [6.45, 7) is 2.45. The molecule has 0 radical (unpaired) electrons. The molecule has 140 valence electrons. The molecule has 0 amide bonds. The first kappa shape index (κ1) is 17.9. The van der Waals surface area contributed by atoms with E-state index in [9.17, 15) is 9.90 Å². The number of aromatic hydroxyl groups is 1. The van der Waals surface area contributed by atoms with Gasteiger partial charge in [0.2, 0.25) is 5.88 Å². The van der Waals surface area contributed by atoms with E-state index in [1.807, 2.05) is 13.0 Å². The van der Waals surface area contributed by atoms with Gasteiger partial charge in [0.1, 0.15) is 11.3 Å². The molecule has 2 N–H and O–H groups in total. The van der Waals surface area contributed by atoms with E-state index in [4.69, 9.17) is 17.0 Å². The van der Waals surface area contributed by atoms with Crippen molar-refractivity contribution in [2.24, 2.45) is 4.99 Å². The predicted octanol–water partition coefficient (Wildman–Crippen LogP) is 3.65. The lowest BCUT2D eigenvalue weighted by molar-refractivity contribution is 0.340. The van der Waals surface area contributed by atoms with Crippen LogP contribution in [-0.4, -0.2) is 32.5 Å². The van der Waals surface area contributed by atoms with E-state index in [2.05, 4.69) is 15.0 Å². The van der Waals surface area contributed by atoms with Crippen LogP contribution in [0, 0.1) is 4.77 Å². The number of H-pyrrole nitrogens is 1. The second-order valence-corrected chi connectivity index (χ2v) is 6.38. The SMILES string of the molecule is CCOc1ccc(-n2c(O)c(/C=C3/C=Nc4ncccc43)c(=O)[nH]c2=S)cc1. The molecule has 28 heavy (non-hydrogen) atoms. The second kappa shape index (κ2) is 7.24. The Morgan fingerprint density at radius 3 is 2.82 bits per heavy atom. The number of hydrogen-bond acceptors (Lipinski definition) is 6. The summed E-state index contributed by atoms with van der Waals surface area (Å²) >= 11 is 5.26. The molecule has 0 saturated carbocycles. The van der Waals surface area contributed by atoms with Crippen molar-refractivity contribution >= 4 is 35.9 Å². The van der Waals surface area contributed by atoms with Gasteiger partial charge in [0.25, 0.3) is 5.56 Å². The summed E-state index contributed by atoms with van der Waals surface area (Å²) in [6.07, 6.45) is 4.83. The molecule has 3 aromatic rings. The number of hydrogen-bond donors (Lipinski definition) is 2. The average Bonchev–Trinajstić information content (AvgIpc) is 3.09. The first-order valence-electron chi connectivity index (χ1n) is 8.61. The van der Waals surface area contributed by atoms with E-state index in [1.54, 1.807) is 48.8 Å². The zero-order valence-corrected chi connectivity index (χ0v) is 15.7. The first-order valence-corrected chi connectivity index (χ1v) is 9.02. The van der Waals surface area contributed by atoms with Crippen molar-refractivity contribution in [2.75, 3.05) is 6.61 Å². The zero-order chi connectivity index (χ0) is 19.7. The summed E-state index contributed by atoms with van der Waals surface area (Å²) < 4.78 is 6.93. The van der Waals surface area contributed by atoms with Crippen LogP contribution in [0.25, 0.3) is 17.3 Å². The summed E-state index contributed by atoms with van der Waals surface area (Å²) in [7, 11) is 0. The third kappa shape index (κ3) is 3.14. The molecule has 3 heterocycles. The normalized spacial score (nSPS) is 13.7. The van der Waals surface area contributed by atoms with Crippen LogP contribution in [0.4, 0.5) is 5.82 Å². The molecule has 0 atom stereocenters. The summed E-state index contributed by atoms with van der Waals surface area (Å²) in [5.41, 5.74) is 1.67. The highest BCUT2D eigenvalue weighted by Gasteiger charge is 2.17. The third-order valence-corrected chi connectivity index (χ3v) is 4.53. The van der Waals surface area contributed by atoms with E-state index >= 15 is 0 Å². The maximum atomic E-state index is 12.5. The zero-order valence-electron chi connectivity index (χ0n) is 14.9. The number of allylic oxidation sites excluding steroid dienone is 1. The lowest BCUT2D eigenvalue weighted by Gasteiger charge is -2.12. The molecule has 0 fully saturated rings. The van der Waals surface area contributed by atoms with E-state index in [1.165, 1.54) is 4.57 Å². The molecular weight excluding hydrogens is 376 g/mol. The van der Waals surface area contributed by atoms with E-state index in [-0.39, 0.29) is 16.2 Å². The number of rotatable bonds is 4. The Bertz CT molecular complexity index is 1220. The van der Waals surface area contributed by atoms with Gasteiger partial charge in [-0.2, -0.15) is 0 Å². The van der Waals surface area contributed by atoms with Crippen LogP contribution in [-0.2, 0) is 0 Å². The van der Waals surface area contributed by atoms with Crippen molar-refractivity contribution in [3.05, 3.63) is 68.8 Å². The van der Waals surface area contributed by atoms with Crippen molar-refractivity contribution in [1.82, 2.24) is 14.5 Å². The van der Waals surface area contributed by atoms with Crippen molar-refractivity contribution in [3.63, 3.8) is 0 Å². The van der Waals surface area contributed by atoms with Gasteiger partial charge in [0.15, 0.2) is 10.6 Å². The molecule has 0 unspecified atom stereocenters. The third-order valence-electron chi connectivity index (χ3n) is 4.25. The fraction of sp³-hybridized carbons (Fsp3) is 0.100. The van der Waals surface area contributed by atoms with Crippen molar-refractivity contribution < 1.29 is 9.84 Å². The lowest BCUT2D eigenvalue weighted by Crippen LogP contribution is -2.16. The van der Waals surface area contributed by atoms with Gasteiger partial charge < -0.3 is 9.84 Å². The molecule has 0 bridgehead atoms. The Hall–Kier alpha value is -3.52. The van der Waals surface area contributed by atoms with E-state index in [0.717, 1.165) is 5.56 Å². The largest absolute Gasteiger partial charge is 0.494 e. The number of fused-ring (bicyclic) bond motifs is 1. The monoisotopic (exact) mass is 392 g/mol. The molecule has 0 saturated heterocycles. The Morgan fingerprint density at radius 1 is 1.29 bits per heavy atom. The molecule has 1 aromatic carbocycles. The minimum Gasteiger partial charge on any atom is -0.494 e. The Kier molecular flexibility index (Phi) is 4.62. The predicted molar refractivity (Wildman–Crippen MR) is 110 cm³/mol. The second-order valence-electron chi connectivity index (χ2n) is 5.99. The molecular formula is C20H16N4O3S. The van der Waals surface area contributed by atoms with Crippen LogP contribution in [0.5, 0.6) is 11.6 Å². The maximum absolute atomic E-state index is 12.5. The number of nitrogens with zero attached hydrogens (tertiary/aromatic N) is 3. The quantitative estimate of drug-likeness (QED) is 0.661. The molecule has 0 spiro atoms. The summed E-state index contributed by atoms with van der Waals surface area (Å²) in [6, 6.07) is 10.7. The van der Waals surface area contributed by atoms with Crippen LogP contribution < -0.4 is 10.3 Å². The Morgan fingerprint density at radius 2 is 2.07 bits per heavy atom. The topological polar surface area (TPSA) is 92.5 Å². The summed E-state index contributed by atoms with van der Waals surface area (Å²) in [5, 5.41) is 10.8. The summed E-state index contributed by atoms with van der Waals surface area (Å²) in [5.74, 6) is 1.02. The smallest absolute Gasteiger partial charge is 0.262 e. The van der Waals surface area contributed by atoms with E-state index < -0.39 is 5.56 Å². The Balaban J connectivity index is 1.84. The first-order chi connectivity index (χ1) is 13.6. The minimum absolute atomic E-state index is 0.0839. The molecule has 4 rings (SSSR count). The maximum Gasteiger partial charge on any atom is 0.262 e. The van der Waals surface area contributed by atoms with Gasteiger partial charge in [-0.25, -0.2) is 9.98 Å². The number of ether oxygens (including phenoxy) is 1. The summed E-state index contributed by atoms with van der Waals surface area (Å²) in [4.78, 5) is 23.5. The van der Waals surface area contributed by atoms with Crippen LogP contribution in [0.2, 0.25) is 0 Å². The van der Waals surface area contributed by atoms with Gasteiger partial charge in [0, 0.05) is 23.5 Å². The molecule has 0 aliphatic carbocycles. The minimum atomic E-state index is -0.483. The number of benzene rings is 1. The molecule has 7 nitrogen and oxygen atoms in total. The van der Waals surface area contributed by atoms with Crippen molar-refractivity contribution in [2.45, 2.75) is 6.92 Å². The number of aliphatic imine (C=N–C) groups is 1.